The molecule has 0 spiro atoms. The standard InChI is InChI=1S/C14H20N2O4/c1-20-10-12-3-2-6-15(8-12)14-7-11(9-17)4-5-13(14)16(18)19/h4-5,7,12,17H,2-3,6,8-10H2,1H3. The molecule has 1 N–H and O–H groups in total. The Morgan fingerprint density at radius 2 is 2.35 bits per heavy atom. The van der Waals surface area contributed by atoms with Gasteiger partial charge in [-0.1, -0.05) is 0 Å². The molecule has 1 fully saturated rings. The zero-order valence-corrected chi connectivity index (χ0v) is 11.6. The second kappa shape index (κ2) is 6.67. The van der Waals surface area contributed by atoms with Gasteiger partial charge in [-0.3, -0.25) is 10.1 Å². The molecule has 20 heavy (non-hydrogen) atoms. The monoisotopic (exact) mass is 280 g/mol. The van der Waals surface area contributed by atoms with E-state index in [4.69, 9.17) is 4.74 Å². The van der Waals surface area contributed by atoms with E-state index in [1.54, 1.807) is 19.2 Å². The first-order chi connectivity index (χ1) is 9.65. The predicted octanol–water partition coefficient (Wildman–Crippen LogP) is 1.95. The van der Waals surface area contributed by atoms with Gasteiger partial charge in [-0.25, -0.2) is 0 Å². The van der Waals surface area contributed by atoms with Gasteiger partial charge in [0.2, 0.25) is 0 Å². The molecule has 0 amide bonds. The van der Waals surface area contributed by atoms with Crippen molar-refractivity contribution in [2.45, 2.75) is 19.4 Å². The molecule has 110 valence electrons. The zero-order valence-electron chi connectivity index (χ0n) is 11.6. The number of ether oxygens (including phenoxy) is 1. The van der Waals surface area contributed by atoms with Crippen molar-refractivity contribution in [1.29, 1.82) is 0 Å². The van der Waals surface area contributed by atoms with E-state index in [0.29, 0.717) is 23.8 Å². The van der Waals surface area contributed by atoms with Gasteiger partial charge < -0.3 is 14.7 Å². The van der Waals surface area contributed by atoms with Crippen molar-refractivity contribution in [2.24, 2.45) is 5.92 Å². The molecule has 0 aromatic heterocycles. The molecule has 1 aromatic carbocycles. The molecular weight excluding hydrogens is 260 g/mol. The van der Waals surface area contributed by atoms with Crippen molar-refractivity contribution in [1.82, 2.24) is 0 Å². The largest absolute Gasteiger partial charge is 0.392 e. The van der Waals surface area contributed by atoms with Crippen LogP contribution in [0, 0.1) is 16.0 Å². The molecule has 1 aliphatic rings. The fourth-order valence-electron chi connectivity index (χ4n) is 2.73. The van der Waals surface area contributed by atoms with Crippen molar-refractivity contribution in [3.05, 3.63) is 33.9 Å². The van der Waals surface area contributed by atoms with Gasteiger partial charge in [0.25, 0.3) is 5.69 Å². The van der Waals surface area contributed by atoms with Gasteiger partial charge in [-0.05, 0) is 36.5 Å². The predicted molar refractivity (Wildman–Crippen MR) is 75.8 cm³/mol. The van der Waals surface area contributed by atoms with Crippen LogP contribution in [-0.4, -0.2) is 36.8 Å². The number of methoxy groups -OCH3 is 1. The highest BCUT2D eigenvalue weighted by molar-refractivity contribution is 5.64. The normalized spacial score (nSPS) is 19.1. The molecule has 0 radical (unpaired) electrons. The van der Waals surface area contributed by atoms with Crippen LogP contribution in [0.15, 0.2) is 18.2 Å². The van der Waals surface area contributed by atoms with Crippen LogP contribution in [0.5, 0.6) is 0 Å². The van der Waals surface area contributed by atoms with Gasteiger partial charge in [-0.15, -0.1) is 0 Å². The number of anilines is 1. The van der Waals surface area contributed by atoms with Gasteiger partial charge in [0.15, 0.2) is 0 Å². The Bertz CT molecular complexity index is 476. The van der Waals surface area contributed by atoms with Crippen molar-refractivity contribution in [3.63, 3.8) is 0 Å². The molecule has 1 aliphatic heterocycles. The Kier molecular flexibility index (Phi) is 4.92. The molecule has 0 aliphatic carbocycles. The van der Waals surface area contributed by atoms with Gasteiger partial charge in [0.1, 0.15) is 5.69 Å². The summed E-state index contributed by atoms with van der Waals surface area (Å²) in [5.41, 5.74) is 1.39. The van der Waals surface area contributed by atoms with Crippen LogP contribution in [0.2, 0.25) is 0 Å². The van der Waals surface area contributed by atoms with Crippen molar-refractivity contribution >= 4 is 11.4 Å². The van der Waals surface area contributed by atoms with Gasteiger partial charge >= 0.3 is 0 Å². The summed E-state index contributed by atoms with van der Waals surface area (Å²) in [6, 6.07) is 4.78. The van der Waals surface area contributed by atoms with Gasteiger partial charge in [-0.2, -0.15) is 0 Å². The summed E-state index contributed by atoms with van der Waals surface area (Å²) in [6.45, 7) is 2.11. The fraction of sp³-hybridized carbons (Fsp3) is 0.571. The minimum absolute atomic E-state index is 0.0975. The first-order valence-corrected chi connectivity index (χ1v) is 6.77. The van der Waals surface area contributed by atoms with E-state index < -0.39 is 0 Å². The van der Waals surface area contributed by atoms with Crippen LogP contribution in [0.1, 0.15) is 18.4 Å². The van der Waals surface area contributed by atoms with Crippen LogP contribution in [0.4, 0.5) is 11.4 Å². The highest BCUT2D eigenvalue weighted by Gasteiger charge is 2.25. The van der Waals surface area contributed by atoms with E-state index in [9.17, 15) is 15.2 Å². The third-order valence-corrected chi connectivity index (χ3v) is 3.68. The van der Waals surface area contributed by atoms with Crippen LogP contribution in [0.3, 0.4) is 0 Å². The lowest BCUT2D eigenvalue weighted by Crippen LogP contribution is -2.37. The number of nitrogens with zero attached hydrogens (tertiary/aromatic N) is 2. The number of piperidine rings is 1. The van der Waals surface area contributed by atoms with E-state index in [-0.39, 0.29) is 17.2 Å². The van der Waals surface area contributed by atoms with E-state index >= 15 is 0 Å². The molecule has 1 heterocycles. The summed E-state index contributed by atoms with van der Waals surface area (Å²) in [5.74, 6) is 0.395. The second-order valence-corrected chi connectivity index (χ2v) is 5.15. The summed E-state index contributed by atoms with van der Waals surface area (Å²) in [7, 11) is 1.67. The third kappa shape index (κ3) is 3.26. The number of aliphatic hydroxyl groups is 1. The summed E-state index contributed by atoms with van der Waals surface area (Å²) >= 11 is 0. The summed E-state index contributed by atoms with van der Waals surface area (Å²) in [6.07, 6.45) is 2.08. The lowest BCUT2D eigenvalue weighted by molar-refractivity contribution is -0.384. The smallest absolute Gasteiger partial charge is 0.292 e. The van der Waals surface area contributed by atoms with E-state index in [1.807, 2.05) is 4.90 Å². The first kappa shape index (κ1) is 14.7. The average molecular weight is 280 g/mol. The molecule has 1 aromatic rings. The van der Waals surface area contributed by atoms with Crippen LogP contribution in [-0.2, 0) is 11.3 Å². The van der Waals surface area contributed by atoms with Crippen molar-refractivity contribution in [3.8, 4) is 0 Å². The van der Waals surface area contributed by atoms with E-state index in [0.717, 1.165) is 25.9 Å². The quantitative estimate of drug-likeness (QED) is 0.659. The summed E-state index contributed by atoms with van der Waals surface area (Å²) in [4.78, 5) is 12.8. The Morgan fingerprint density at radius 3 is 3.00 bits per heavy atom. The number of benzene rings is 1. The van der Waals surface area contributed by atoms with Crippen LogP contribution >= 0.6 is 0 Å². The molecule has 6 nitrogen and oxygen atoms in total. The minimum atomic E-state index is -0.365. The molecule has 2 rings (SSSR count). The highest BCUT2D eigenvalue weighted by atomic mass is 16.6. The maximum Gasteiger partial charge on any atom is 0.292 e. The molecule has 1 atom stereocenters. The highest BCUT2D eigenvalue weighted by Crippen LogP contribution is 2.32. The summed E-state index contributed by atoms with van der Waals surface area (Å²) < 4.78 is 5.19. The van der Waals surface area contributed by atoms with Crippen LogP contribution < -0.4 is 4.90 Å². The fourth-order valence-corrected chi connectivity index (χ4v) is 2.73. The first-order valence-electron chi connectivity index (χ1n) is 6.77. The average Bonchev–Trinajstić information content (AvgIpc) is 2.47. The topological polar surface area (TPSA) is 75.8 Å². The number of nitro groups is 1. The minimum Gasteiger partial charge on any atom is -0.392 e. The number of hydrogen-bond acceptors (Lipinski definition) is 5. The van der Waals surface area contributed by atoms with Crippen LogP contribution in [0.25, 0.3) is 0 Å². The molecular formula is C14H20N2O4. The molecule has 1 unspecified atom stereocenters. The number of rotatable bonds is 5. The van der Waals surface area contributed by atoms with E-state index in [1.165, 1.54) is 6.07 Å². The SMILES string of the molecule is COCC1CCCN(c2cc(CO)ccc2[N+](=O)[O-])C1. The molecule has 1 saturated heterocycles. The van der Waals surface area contributed by atoms with Crippen molar-refractivity contribution in [2.75, 3.05) is 31.7 Å². The zero-order chi connectivity index (χ0) is 14.5. The maximum atomic E-state index is 11.2. The lowest BCUT2D eigenvalue weighted by Gasteiger charge is -2.33. The Labute approximate surface area is 118 Å². The van der Waals surface area contributed by atoms with Gasteiger partial charge in [0, 0.05) is 26.3 Å². The lowest BCUT2D eigenvalue weighted by atomic mass is 9.98. The number of nitro benzene ring substituents is 1. The second-order valence-electron chi connectivity index (χ2n) is 5.15. The Morgan fingerprint density at radius 1 is 1.55 bits per heavy atom. The number of hydrogen-bond donors (Lipinski definition) is 1. The molecule has 6 heteroatoms. The summed E-state index contributed by atoms with van der Waals surface area (Å²) in [5, 5.41) is 20.4. The molecule has 0 bridgehead atoms. The molecule has 0 saturated carbocycles. The Balaban J connectivity index is 2.27. The van der Waals surface area contributed by atoms with Crippen molar-refractivity contribution < 1.29 is 14.8 Å². The Hall–Kier alpha value is -1.66. The van der Waals surface area contributed by atoms with E-state index in [2.05, 4.69) is 0 Å². The number of aliphatic hydroxyl groups excluding tert-OH is 1. The maximum absolute atomic E-state index is 11.2. The van der Waals surface area contributed by atoms with Gasteiger partial charge in [0.05, 0.1) is 18.1 Å². The third-order valence-electron chi connectivity index (χ3n) is 3.68.